The van der Waals surface area contributed by atoms with Crippen LogP contribution < -0.4 is 5.73 Å². The molecule has 2 N–H and O–H groups in total. The molecule has 0 amide bonds. The second-order valence-electron chi connectivity index (χ2n) is 4.68. The second kappa shape index (κ2) is 2.22. The molecule has 1 aliphatic rings. The van der Waals surface area contributed by atoms with Gasteiger partial charge in [0, 0.05) is 5.54 Å². The van der Waals surface area contributed by atoms with Gasteiger partial charge in [0.05, 0.1) is 0 Å². The van der Waals surface area contributed by atoms with E-state index < -0.39 is 0 Å². The van der Waals surface area contributed by atoms with Crippen LogP contribution in [0, 0.1) is 17.3 Å². The Morgan fingerprint density at radius 3 is 1.91 bits per heavy atom. The third-order valence-electron chi connectivity index (χ3n) is 4.13. The zero-order chi connectivity index (χ0) is 8.86. The van der Waals surface area contributed by atoms with Crippen molar-refractivity contribution in [1.29, 1.82) is 0 Å². The predicted molar refractivity (Wildman–Crippen MR) is 49.3 cm³/mol. The summed E-state index contributed by atoms with van der Waals surface area (Å²) >= 11 is 0. The fourth-order valence-electron chi connectivity index (χ4n) is 2.84. The predicted octanol–water partition coefficient (Wildman–Crippen LogP) is 2.41. The zero-order valence-corrected chi connectivity index (χ0v) is 8.44. The lowest BCUT2D eigenvalue weighted by Gasteiger charge is -2.18. The molecule has 1 rings (SSSR count). The Bertz CT molecular complexity index is 160. The quantitative estimate of drug-likeness (QED) is 0.651. The maximum absolute atomic E-state index is 6.20. The van der Waals surface area contributed by atoms with E-state index in [-0.39, 0.29) is 5.54 Å². The number of nitrogens with two attached hydrogens (primary N) is 1. The van der Waals surface area contributed by atoms with E-state index in [1.807, 2.05) is 0 Å². The highest BCUT2D eigenvalue weighted by atomic mass is 14.9. The number of rotatable bonds is 2. The molecule has 0 aromatic heterocycles. The molecule has 0 spiro atoms. The summed E-state index contributed by atoms with van der Waals surface area (Å²) in [5.74, 6) is 1.44. The fourth-order valence-corrected chi connectivity index (χ4v) is 2.84. The maximum Gasteiger partial charge on any atom is 0.0220 e. The topological polar surface area (TPSA) is 26.0 Å². The molecular weight excluding hydrogens is 134 g/mol. The summed E-state index contributed by atoms with van der Waals surface area (Å²) in [6.45, 7) is 11.3. The Balaban J connectivity index is 2.78. The normalized spacial score (nSPS) is 49.9. The van der Waals surface area contributed by atoms with E-state index in [4.69, 9.17) is 5.73 Å². The van der Waals surface area contributed by atoms with Crippen LogP contribution in [0.2, 0.25) is 0 Å². The summed E-state index contributed by atoms with van der Waals surface area (Å²) in [6, 6.07) is 0. The fraction of sp³-hybridized carbons (Fsp3) is 1.00. The first-order valence-corrected chi connectivity index (χ1v) is 4.67. The van der Waals surface area contributed by atoms with Crippen molar-refractivity contribution < 1.29 is 0 Å². The molecule has 0 aliphatic heterocycles. The molecule has 1 fully saturated rings. The van der Waals surface area contributed by atoms with Crippen LogP contribution in [-0.2, 0) is 0 Å². The SMILES string of the molecule is CCC1C(C)(N)C1(C)C(C)C. The van der Waals surface area contributed by atoms with Crippen LogP contribution in [0.1, 0.15) is 41.0 Å². The molecule has 1 nitrogen and oxygen atoms in total. The standard InChI is InChI=1S/C10H21N/c1-6-8-9(4,7(2)3)10(8,5)11/h7-8H,6,11H2,1-5H3. The first kappa shape index (κ1) is 9.05. The van der Waals surface area contributed by atoms with Crippen molar-refractivity contribution in [2.45, 2.75) is 46.6 Å². The van der Waals surface area contributed by atoms with Gasteiger partial charge >= 0.3 is 0 Å². The minimum Gasteiger partial charge on any atom is -0.325 e. The number of hydrogen-bond acceptors (Lipinski definition) is 1. The molecule has 3 unspecified atom stereocenters. The summed E-state index contributed by atoms with van der Waals surface area (Å²) in [5.41, 5.74) is 6.68. The van der Waals surface area contributed by atoms with E-state index in [1.54, 1.807) is 0 Å². The molecule has 0 aromatic rings. The summed E-state index contributed by atoms with van der Waals surface area (Å²) < 4.78 is 0. The zero-order valence-electron chi connectivity index (χ0n) is 8.44. The molecule has 1 aliphatic carbocycles. The third-order valence-corrected chi connectivity index (χ3v) is 4.13. The monoisotopic (exact) mass is 155 g/mol. The first-order chi connectivity index (χ1) is 4.89. The Morgan fingerprint density at radius 1 is 1.36 bits per heavy atom. The van der Waals surface area contributed by atoms with Crippen LogP contribution in [0.3, 0.4) is 0 Å². The third kappa shape index (κ3) is 0.868. The van der Waals surface area contributed by atoms with Crippen LogP contribution in [0.25, 0.3) is 0 Å². The first-order valence-electron chi connectivity index (χ1n) is 4.67. The Hall–Kier alpha value is -0.0400. The van der Waals surface area contributed by atoms with Gasteiger partial charge in [-0.1, -0.05) is 34.1 Å². The molecule has 0 saturated heterocycles. The summed E-state index contributed by atoms with van der Waals surface area (Å²) in [5, 5.41) is 0. The van der Waals surface area contributed by atoms with Gasteiger partial charge in [0.1, 0.15) is 0 Å². The van der Waals surface area contributed by atoms with Crippen LogP contribution in [0.5, 0.6) is 0 Å². The van der Waals surface area contributed by atoms with Crippen LogP contribution in [0.15, 0.2) is 0 Å². The lowest BCUT2D eigenvalue weighted by molar-refractivity contribution is 0.326. The molecule has 66 valence electrons. The maximum atomic E-state index is 6.20. The van der Waals surface area contributed by atoms with E-state index in [0.717, 1.165) is 5.92 Å². The van der Waals surface area contributed by atoms with Crippen molar-refractivity contribution in [2.75, 3.05) is 0 Å². The smallest absolute Gasteiger partial charge is 0.0220 e. The van der Waals surface area contributed by atoms with Gasteiger partial charge in [0.25, 0.3) is 0 Å². The van der Waals surface area contributed by atoms with Gasteiger partial charge in [-0.15, -0.1) is 0 Å². The van der Waals surface area contributed by atoms with Gasteiger partial charge in [-0.05, 0) is 24.2 Å². The van der Waals surface area contributed by atoms with E-state index in [0.29, 0.717) is 11.3 Å². The van der Waals surface area contributed by atoms with Crippen molar-refractivity contribution in [3.63, 3.8) is 0 Å². The lowest BCUT2D eigenvalue weighted by atomic mass is 9.89. The summed E-state index contributed by atoms with van der Waals surface area (Å²) in [7, 11) is 0. The molecule has 1 heteroatoms. The van der Waals surface area contributed by atoms with E-state index in [9.17, 15) is 0 Å². The molecule has 0 aromatic carbocycles. The number of hydrogen-bond donors (Lipinski definition) is 1. The second-order valence-corrected chi connectivity index (χ2v) is 4.68. The molecule has 0 heterocycles. The highest BCUT2D eigenvalue weighted by Gasteiger charge is 2.68. The van der Waals surface area contributed by atoms with Crippen LogP contribution in [0.4, 0.5) is 0 Å². The molecule has 1 saturated carbocycles. The molecule has 3 atom stereocenters. The minimum absolute atomic E-state index is 0.0932. The molecular formula is C10H21N. The van der Waals surface area contributed by atoms with Gasteiger partial charge in [0.2, 0.25) is 0 Å². The van der Waals surface area contributed by atoms with Crippen molar-refractivity contribution in [3.05, 3.63) is 0 Å². The average Bonchev–Trinajstić information content (AvgIpc) is 2.29. The average molecular weight is 155 g/mol. The highest BCUT2D eigenvalue weighted by Crippen LogP contribution is 2.65. The minimum atomic E-state index is 0.0932. The van der Waals surface area contributed by atoms with E-state index >= 15 is 0 Å². The van der Waals surface area contributed by atoms with Crippen molar-refractivity contribution >= 4 is 0 Å². The molecule has 0 radical (unpaired) electrons. The summed E-state index contributed by atoms with van der Waals surface area (Å²) in [4.78, 5) is 0. The van der Waals surface area contributed by atoms with Crippen LogP contribution >= 0.6 is 0 Å². The van der Waals surface area contributed by atoms with Gasteiger partial charge in [0.15, 0.2) is 0 Å². The summed E-state index contributed by atoms with van der Waals surface area (Å²) in [6.07, 6.45) is 1.22. The van der Waals surface area contributed by atoms with Crippen LogP contribution in [-0.4, -0.2) is 5.54 Å². The van der Waals surface area contributed by atoms with Gasteiger partial charge in [-0.2, -0.15) is 0 Å². The van der Waals surface area contributed by atoms with E-state index in [2.05, 4.69) is 34.6 Å². The van der Waals surface area contributed by atoms with Gasteiger partial charge in [-0.25, -0.2) is 0 Å². The Labute approximate surface area is 70.4 Å². The highest BCUT2D eigenvalue weighted by molar-refractivity contribution is 5.22. The van der Waals surface area contributed by atoms with Gasteiger partial charge in [-0.3, -0.25) is 0 Å². The lowest BCUT2D eigenvalue weighted by Crippen LogP contribution is -2.28. The Morgan fingerprint density at radius 2 is 1.82 bits per heavy atom. The largest absolute Gasteiger partial charge is 0.325 e. The molecule has 0 bridgehead atoms. The Kier molecular flexibility index (Phi) is 1.83. The van der Waals surface area contributed by atoms with Crippen molar-refractivity contribution in [1.82, 2.24) is 0 Å². The van der Waals surface area contributed by atoms with Crippen molar-refractivity contribution in [2.24, 2.45) is 23.0 Å². The van der Waals surface area contributed by atoms with E-state index in [1.165, 1.54) is 6.42 Å². The molecule has 11 heavy (non-hydrogen) atoms. The van der Waals surface area contributed by atoms with Gasteiger partial charge < -0.3 is 5.73 Å². The van der Waals surface area contributed by atoms with Crippen molar-refractivity contribution in [3.8, 4) is 0 Å².